The average molecular weight is 375 g/mol. The first-order valence-electron chi connectivity index (χ1n) is 8.02. The fourth-order valence-corrected chi connectivity index (χ4v) is 3.81. The number of pyridine rings is 1. The van der Waals surface area contributed by atoms with Gasteiger partial charge >= 0.3 is 11.9 Å². The number of methoxy groups -OCH3 is 2. The van der Waals surface area contributed by atoms with Crippen molar-refractivity contribution in [3.8, 4) is 11.1 Å². The van der Waals surface area contributed by atoms with Crippen LogP contribution in [0, 0.1) is 13.8 Å². The Kier molecular flexibility index (Phi) is 6.39. The molecule has 0 radical (unpaired) electrons. The highest BCUT2D eigenvalue weighted by molar-refractivity contribution is 7.91. The largest absolute Gasteiger partial charge is 0.611 e. The molecule has 0 N–H and O–H groups in total. The molecule has 1 atom stereocenters. The Morgan fingerprint density at radius 1 is 1.04 bits per heavy atom. The molecular weight excluding hydrogens is 354 g/mol. The number of carbonyl (C=O) groups excluding carboxylic acids is 2. The van der Waals surface area contributed by atoms with Gasteiger partial charge in [0.2, 0.25) is 0 Å². The molecular formula is C19H21NO5S. The second kappa shape index (κ2) is 8.33. The molecule has 0 saturated heterocycles. The van der Waals surface area contributed by atoms with Crippen molar-refractivity contribution in [2.24, 2.45) is 0 Å². The van der Waals surface area contributed by atoms with Gasteiger partial charge in [0.25, 0.3) is 0 Å². The van der Waals surface area contributed by atoms with Gasteiger partial charge in [0.05, 0.1) is 36.7 Å². The summed E-state index contributed by atoms with van der Waals surface area (Å²) in [4.78, 5) is 29.8. The fourth-order valence-electron chi connectivity index (χ4n) is 2.85. The van der Waals surface area contributed by atoms with Crippen molar-refractivity contribution in [1.82, 2.24) is 4.98 Å². The maximum absolute atomic E-state index is 12.5. The zero-order valence-electron chi connectivity index (χ0n) is 15.4. The summed E-state index contributed by atoms with van der Waals surface area (Å²) in [5.41, 5.74) is 2.05. The van der Waals surface area contributed by atoms with Crippen LogP contribution in [0.4, 0.5) is 0 Å². The number of esters is 2. The molecule has 0 fully saturated rings. The van der Waals surface area contributed by atoms with Crippen LogP contribution in [0.5, 0.6) is 0 Å². The highest BCUT2D eigenvalue weighted by Gasteiger charge is 2.30. The zero-order chi connectivity index (χ0) is 19.4. The molecule has 26 heavy (non-hydrogen) atoms. The van der Waals surface area contributed by atoms with E-state index in [-0.39, 0.29) is 11.1 Å². The number of carbonyl (C=O) groups is 2. The predicted octanol–water partition coefficient (Wildman–Crippen LogP) is 3.07. The Labute approximate surface area is 155 Å². The van der Waals surface area contributed by atoms with Crippen LogP contribution >= 0.6 is 0 Å². The molecule has 1 aromatic carbocycles. The lowest BCUT2D eigenvalue weighted by Crippen LogP contribution is -2.17. The van der Waals surface area contributed by atoms with Crippen LogP contribution < -0.4 is 0 Å². The van der Waals surface area contributed by atoms with Crippen LogP contribution in [-0.4, -0.2) is 41.4 Å². The minimum atomic E-state index is -1.29. The van der Waals surface area contributed by atoms with Gasteiger partial charge in [-0.25, -0.2) is 9.59 Å². The van der Waals surface area contributed by atoms with Crippen LogP contribution in [0.15, 0.2) is 29.2 Å². The smallest absolute Gasteiger partial charge is 0.340 e. The lowest BCUT2D eigenvalue weighted by atomic mass is 9.92. The van der Waals surface area contributed by atoms with Crippen LogP contribution in [0.1, 0.15) is 39.0 Å². The zero-order valence-corrected chi connectivity index (χ0v) is 16.2. The molecule has 0 amide bonds. The first-order valence-corrected chi connectivity index (χ1v) is 9.34. The Balaban J connectivity index is 2.99. The van der Waals surface area contributed by atoms with Crippen molar-refractivity contribution in [3.05, 3.63) is 46.8 Å². The maximum Gasteiger partial charge on any atom is 0.340 e. The lowest BCUT2D eigenvalue weighted by molar-refractivity contribution is 0.0599. The van der Waals surface area contributed by atoms with E-state index in [1.807, 2.05) is 0 Å². The Bertz CT molecular complexity index is 810. The summed E-state index contributed by atoms with van der Waals surface area (Å²) < 4.78 is 22.4. The summed E-state index contributed by atoms with van der Waals surface area (Å²) in [5.74, 6) is -0.833. The Hall–Kier alpha value is -2.38. The van der Waals surface area contributed by atoms with E-state index in [0.29, 0.717) is 33.2 Å². The topological polar surface area (TPSA) is 88.5 Å². The summed E-state index contributed by atoms with van der Waals surface area (Å²) >= 11 is -1.29. The SMILES string of the molecule is CC[S+]([O-])c1ccccc1-c1c(C(=O)OC)c(C)nc(C)c1C(=O)OC. The maximum atomic E-state index is 12.5. The predicted molar refractivity (Wildman–Crippen MR) is 98.8 cm³/mol. The number of aromatic nitrogens is 1. The summed E-state index contributed by atoms with van der Waals surface area (Å²) in [7, 11) is 2.53. The molecule has 0 saturated carbocycles. The van der Waals surface area contributed by atoms with Gasteiger partial charge < -0.3 is 14.0 Å². The van der Waals surface area contributed by atoms with Crippen molar-refractivity contribution in [2.45, 2.75) is 25.7 Å². The first kappa shape index (κ1) is 19.9. The third-order valence-corrected chi connectivity index (χ3v) is 5.37. The normalized spacial score (nSPS) is 11.8. The Morgan fingerprint density at radius 2 is 1.54 bits per heavy atom. The number of benzene rings is 1. The molecule has 0 bridgehead atoms. The van der Waals surface area contributed by atoms with Crippen molar-refractivity contribution >= 4 is 23.1 Å². The van der Waals surface area contributed by atoms with Gasteiger partial charge in [-0.15, -0.1) is 0 Å². The molecule has 7 heteroatoms. The fraction of sp³-hybridized carbons (Fsp3) is 0.316. The molecule has 138 valence electrons. The van der Waals surface area contributed by atoms with E-state index in [9.17, 15) is 14.1 Å². The van der Waals surface area contributed by atoms with Gasteiger partial charge in [0, 0.05) is 11.1 Å². The molecule has 0 spiro atoms. The van der Waals surface area contributed by atoms with Crippen LogP contribution in [0.3, 0.4) is 0 Å². The van der Waals surface area contributed by atoms with Crippen molar-refractivity contribution in [2.75, 3.05) is 20.0 Å². The van der Waals surface area contributed by atoms with E-state index in [0.717, 1.165) is 0 Å². The number of nitrogens with zero attached hydrogens (tertiary/aromatic N) is 1. The third kappa shape index (κ3) is 3.59. The van der Waals surface area contributed by atoms with Crippen LogP contribution in [-0.2, 0) is 20.6 Å². The van der Waals surface area contributed by atoms with Gasteiger partial charge in [-0.3, -0.25) is 4.98 Å². The molecule has 0 aliphatic rings. The Morgan fingerprint density at radius 3 is 2.00 bits per heavy atom. The van der Waals surface area contributed by atoms with Crippen LogP contribution in [0.2, 0.25) is 0 Å². The average Bonchev–Trinajstić information content (AvgIpc) is 2.65. The molecule has 1 aromatic heterocycles. The minimum absolute atomic E-state index is 0.166. The summed E-state index contributed by atoms with van der Waals surface area (Å²) in [5, 5.41) is 0. The summed E-state index contributed by atoms with van der Waals surface area (Å²) in [6.07, 6.45) is 0. The number of rotatable bonds is 5. The molecule has 1 unspecified atom stereocenters. The van der Waals surface area contributed by atoms with Crippen molar-refractivity contribution in [3.63, 3.8) is 0 Å². The highest BCUT2D eigenvalue weighted by atomic mass is 32.2. The molecule has 2 aromatic rings. The second-order valence-corrected chi connectivity index (χ2v) is 7.23. The van der Waals surface area contributed by atoms with E-state index < -0.39 is 23.1 Å². The monoisotopic (exact) mass is 375 g/mol. The van der Waals surface area contributed by atoms with Gasteiger partial charge in [-0.05, 0) is 44.1 Å². The van der Waals surface area contributed by atoms with E-state index >= 15 is 0 Å². The third-order valence-electron chi connectivity index (χ3n) is 4.00. The number of ether oxygens (including phenoxy) is 2. The summed E-state index contributed by atoms with van der Waals surface area (Å²) in [6, 6.07) is 6.99. The van der Waals surface area contributed by atoms with E-state index in [1.54, 1.807) is 45.0 Å². The van der Waals surface area contributed by atoms with Gasteiger partial charge in [-0.1, -0.05) is 12.1 Å². The second-order valence-electron chi connectivity index (χ2n) is 5.52. The van der Waals surface area contributed by atoms with E-state index in [4.69, 9.17) is 9.47 Å². The van der Waals surface area contributed by atoms with Crippen molar-refractivity contribution in [1.29, 1.82) is 0 Å². The first-order chi connectivity index (χ1) is 12.4. The van der Waals surface area contributed by atoms with Gasteiger partial charge in [0.15, 0.2) is 4.90 Å². The lowest BCUT2D eigenvalue weighted by Gasteiger charge is -2.19. The molecule has 0 aliphatic heterocycles. The molecule has 0 aliphatic carbocycles. The standard InChI is InChI=1S/C19H21NO5S/c1-6-26(23)14-10-8-7-9-13(14)17-15(18(21)24-4)11(2)20-12(3)16(17)19(22)25-5/h7-10H,6H2,1-5H3. The highest BCUT2D eigenvalue weighted by Crippen LogP contribution is 2.36. The van der Waals surface area contributed by atoms with Crippen molar-refractivity contribution < 1.29 is 23.6 Å². The number of hydrogen-bond donors (Lipinski definition) is 0. The number of aryl methyl sites for hydroxylation is 2. The van der Waals surface area contributed by atoms with Crippen LogP contribution in [0.25, 0.3) is 11.1 Å². The molecule has 6 nitrogen and oxygen atoms in total. The molecule has 2 rings (SSSR count). The van der Waals surface area contributed by atoms with Gasteiger partial charge in [-0.2, -0.15) is 0 Å². The van der Waals surface area contributed by atoms with Gasteiger partial charge in [0.1, 0.15) is 5.75 Å². The molecule has 1 heterocycles. The summed E-state index contributed by atoms with van der Waals surface area (Å²) in [6.45, 7) is 5.14. The quantitative estimate of drug-likeness (QED) is 0.589. The number of hydrogen-bond acceptors (Lipinski definition) is 6. The van der Waals surface area contributed by atoms with E-state index in [1.165, 1.54) is 14.2 Å². The minimum Gasteiger partial charge on any atom is -0.611 e. The van der Waals surface area contributed by atoms with E-state index in [2.05, 4.69) is 4.98 Å².